The highest BCUT2D eigenvalue weighted by Gasteiger charge is 2.09. The van der Waals surface area contributed by atoms with Gasteiger partial charge in [0.25, 0.3) is 0 Å². The molecule has 0 radical (unpaired) electrons. The van der Waals surface area contributed by atoms with Crippen LogP contribution in [0, 0.1) is 0 Å². The van der Waals surface area contributed by atoms with Gasteiger partial charge in [0.1, 0.15) is 5.52 Å². The van der Waals surface area contributed by atoms with Crippen LogP contribution in [0.5, 0.6) is 0 Å². The fraction of sp³-hybridized carbons (Fsp3) is 0.471. The monoisotopic (exact) mass is 314 g/mol. The summed E-state index contributed by atoms with van der Waals surface area (Å²) in [7, 11) is 0. The number of fused-ring (bicyclic) bond motifs is 3. The molecular formula is C17H22N4S. The number of thioether (sulfide) groups is 1. The fourth-order valence-electron chi connectivity index (χ4n) is 2.58. The molecule has 116 valence electrons. The van der Waals surface area contributed by atoms with Crippen LogP contribution in [0.1, 0.15) is 45.1 Å². The minimum absolute atomic E-state index is 0.770. The molecular weight excluding hydrogens is 292 g/mol. The summed E-state index contributed by atoms with van der Waals surface area (Å²) in [4.78, 5) is 7.97. The molecule has 0 saturated heterocycles. The van der Waals surface area contributed by atoms with Gasteiger partial charge in [-0.05, 0) is 30.5 Å². The van der Waals surface area contributed by atoms with Gasteiger partial charge in [0.2, 0.25) is 5.16 Å². The second-order valence-corrected chi connectivity index (χ2v) is 6.62. The topological polar surface area (TPSA) is 54.5 Å². The normalized spacial score (nSPS) is 11.5. The van der Waals surface area contributed by atoms with Crippen molar-refractivity contribution < 1.29 is 0 Å². The van der Waals surface area contributed by atoms with Crippen LogP contribution in [0.25, 0.3) is 22.1 Å². The molecule has 0 saturated carbocycles. The van der Waals surface area contributed by atoms with E-state index < -0.39 is 0 Å². The smallest absolute Gasteiger partial charge is 0.211 e. The van der Waals surface area contributed by atoms with E-state index in [4.69, 9.17) is 0 Å². The molecule has 0 spiro atoms. The van der Waals surface area contributed by atoms with Gasteiger partial charge in [-0.15, -0.1) is 10.2 Å². The van der Waals surface area contributed by atoms with E-state index in [0.29, 0.717) is 0 Å². The number of hydrogen-bond acceptors (Lipinski definition) is 4. The van der Waals surface area contributed by atoms with Crippen LogP contribution in [0.3, 0.4) is 0 Å². The molecule has 0 aliphatic carbocycles. The maximum Gasteiger partial charge on any atom is 0.211 e. The van der Waals surface area contributed by atoms with Crippen molar-refractivity contribution >= 4 is 33.8 Å². The summed E-state index contributed by atoms with van der Waals surface area (Å²) in [5.74, 6) is 1.06. The van der Waals surface area contributed by atoms with Gasteiger partial charge >= 0.3 is 0 Å². The number of aromatic amines is 1. The summed E-state index contributed by atoms with van der Waals surface area (Å²) < 4.78 is 0. The number of hydrogen-bond donors (Lipinski definition) is 1. The average Bonchev–Trinajstić information content (AvgIpc) is 2.91. The van der Waals surface area contributed by atoms with Crippen molar-refractivity contribution in [2.24, 2.45) is 0 Å². The van der Waals surface area contributed by atoms with Crippen LogP contribution in [0.2, 0.25) is 0 Å². The Hall–Kier alpha value is -1.62. The molecule has 3 rings (SSSR count). The Balaban J connectivity index is 1.79. The standard InChI is InChI=1S/C17H22N4S/c1-3-5-6-7-10-22-17-19-16-15(20-21-17)13-11-12(4-2)8-9-14(13)18-16/h8-9,11H,3-7,10H2,1-2H3,(H,18,19,21). The van der Waals surface area contributed by atoms with Gasteiger partial charge < -0.3 is 4.98 Å². The first-order chi connectivity index (χ1) is 10.8. The minimum atomic E-state index is 0.770. The maximum atomic E-state index is 4.62. The van der Waals surface area contributed by atoms with Gasteiger partial charge in [0, 0.05) is 16.7 Å². The SMILES string of the molecule is CCCCCCSc1nnc2c(n1)[nH]c1ccc(CC)cc12. The Morgan fingerprint density at radius 2 is 2.00 bits per heavy atom. The molecule has 0 amide bonds. The van der Waals surface area contributed by atoms with Gasteiger partial charge in [-0.1, -0.05) is 50.9 Å². The van der Waals surface area contributed by atoms with Crippen molar-refractivity contribution in [1.29, 1.82) is 0 Å². The van der Waals surface area contributed by atoms with Crippen LogP contribution in [-0.2, 0) is 6.42 Å². The highest BCUT2D eigenvalue weighted by Crippen LogP contribution is 2.25. The second-order valence-electron chi connectivity index (χ2n) is 5.56. The Bertz CT molecular complexity index is 766. The molecule has 0 aliphatic rings. The van der Waals surface area contributed by atoms with Crippen molar-refractivity contribution in [3.63, 3.8) is 0 Å². The predicted octanol–water partition coefficient (Wildman–Crippen LogP) is 4.74. The zero-order chi connectivity index (χ0) is 15.4. The highest BCUT2D eigenvalue weighted by molar-refractivity contribution is 7.99. The van der Waals surface area contributed by atoms with Crippen molar-refractivity contribution in [1.82, 2.24) is 20.2 Å². The molecule has 0 bridgehead atoms. The lowest BCUT2D eigenvalue weighted by Gasteiger charge is -1.99. The molecule has 1 aromatic carbocycles. The van der Waals surface area contributed by atoms with Crippen molar-refractivity contribution in [3.05, 3.63) is 23.8 Å². The number of unbranched alkanes of at least 4 members (excludes halogenated alkanes) is 3. The van der Waals surface area contributed by atoms with Gasteiger partial charge in [-0.2, -0.15) is 0 Å². The lowest BCUT2D eigenvalue weighted by molar-refractivity contribution is 0.705. The van der Waals surface area contributed by atoms with Crippen molar-refractivity contribution in [2.45, 2.75) is 51.1 Å². The third kappa shape index (κ3) is 3.24. The fourth-order valence-corrected chi connectivity index (χ4v) is 3.36. The molecule has 0 aliphatic heterocycles. The minimum Gasteiger partial charge on any atom is -0.338 e. The Morgan fingerprint density at radius 3 is 2.82 bits per heavy atom. The number of aryl methyl sites for hydroxylation is 1. The number of nitrogens with one attached hydrogen (secondary N) is 1. The number of aromatic nitrogens is 4. The van der Waals surface area contributed by atoms with E-state index >= 15 is 0 Å². The first kappa shape index (κ1) is 15.3. The van der Waals surface area contributed by atoms with Gasteiger partial charge in [-0.25, -0.2) is 4.98 Å². The van der Waals surface area contributed by atoms with E-state index in [0.717, 1.165) is 39.4 Å². The number of rotatable bonds is 7. The number of benzene rings is 1. The molecule has 5 heteroatoms. The van der Waals surface area contributed by atoms with Crippen LogP contribution in [-0.4, -0.2) is 25.9 Å². The van der Waals surface area contributed by atoms with E-state index in [1.807, 2.05) is 0 Å². The van der Waals surface area contributed by atoms with Crippen LogP contribution >= 0.6 is 11.8 Å². The highest BCUT2D eigenvalue weighted by atomic mass is 32.2. The molecule has 22 heavy (non-hydrogen) atoms. The molecule has 2 heterocycles. The third-order valence-corrected chi connectivity index (χ3v) is 4.82. The summed E-state index contributed by atoms with van der Waals surface area (Å²) in [6.07, 6.45) is 6.09. The molecule has 0 atom stereocenters. The zero-order valence-corrected chi connectivity index (χ0v) is 14.0. The van der Waals surface area contributed by atoms with Gasteiger partial charge in [0.15, 0.2) is 5.65 Å². The Labute approximate surface area is 135 Å². The number of nitrogens with zero attached hydrogens (tertiary/aromatic N) is 3. The summed E-state index contributed by atoms with van der Waals surface area (Å²) in [6, 6.07) is 6.44. The lowest BCUT2D eigenvalue weighted by atomic mass is 10.1. The lowest BCUT2D eigenvalue weighted by Crippen LogP contribution is -1.92. The van der Waals surface area contributed by atoms with Gasteiger partial charge in [0.05, 0.1) is 0 Å². The Kier molecular flexibility index (Phi) is 4.93. The predicted molar refractivity (Wildman–Crippen MR) is 93.4 cm³/mol. The van der Waals surface area contributed by atoms with Crippen molar-refractivity contribution in [2.75, 3.05) is 5.75 Å². The van der Waals surface area contributed by atoms with Crippen molar-refractivity contribution in [3.8, 4) is 0 Å². The third-order valence-electron chi connectivity index (χ3n) is 3.90. The van der Waals surface area contributed by atoms with E-state index in [2.05, 4.69) is 52.2 Å². The first-order valence-corrected chi connectivity index (χ1v) is 9.08. The molecule has 0 unspecified atom stereocenters. The second kappa shape index (κ2) is 7.09. The molecule has 1 N–H and O–H groups in total. The molecule has 0 fully saturated rings. The van der Waals surface area contributed by atoms with Crippen LogP contribution < -0.4 is 0 Å². The Morgan fingerprint density at radius 1 is 1.09 bits per heavy atom. The summed E-state index contributed by atoms with van der Waals surface area (Å²) in [6.45, 7) is 4.39. The quantitative estimate of drug-likeness (QED) is 0.505. The number of H-pyrrole nitrogens is 1. The van der Waals surface area contributed by atoms with Crippen LogP contribution in [0.15, 0.2) is 23.4 Å². The molecule has 4 nitrogen and oxygen atoms in total. The van der Waals surface area contributed by atoms with E-state index in [1.54, 1.807) is 11.8 Å². The zero-order valence-electron chi connectivity index (χ0n) is 13.2. The molecule has 3 aromatic rings. The van der Waals surface area contributed by atoms with E-state index in [1.165, 1.54) is 31.2 Å². The summed E-state index contributed by atoms with van der Waals surface area (Å²) in [5, 5.41) is 10.6. The summed E-state index contributed by atoms with van der Waals surface area (Å²) >= 11 is 1.70. The largest absolute Gasteiger partial charge is 0.338 e. The van der Waals surface area contributed by atoms with E-state index in [-0.39, 0.29) is 0 Å². The first-order valence-electron chi connectivity index (χ1n) is 8.09. The van der Waals surface area contributed by atoms with Gasteiger partial charge in [-0.3, -0.25) is 0 Å². The average molecular weight is 314 g/mol. The molecule has 2 aromatic heterocycles. The van der Waals surface area contributed by atoms with Crippen LogP contribution in [0.4, 0.5) is 0 Å². The summed E-state index contributed by atoms with van der Waals surface area (Å²) in [5.41, 5.74) is 4.11. The van der Waals surface area contributed by atoms with E-state index in [9.17, 15) is 0 Å². The maximum absolute atomic E-state index is 4.62.